The fourth-order valence-electron chi connectivity index (χ4n) is 0.160. The van der Waals surface area contributed by atoms with Gasteiger partial charge in [-0.05, 0) is 0 Å². The molecule has 0 rings (SSSR count). The Morgan fingerprint density at radius 3 is 2.88 bits per heavy atom. The van der Waals surface area contributed by atoms with Gasteiger partial charge in [0.2, 0.25) is 7.85 Å². The lowest BCUT2D eigenvalue weighted by molar-refractivity contribution is 0.264. The molecule has 0 heterocycles. The molecule has 0 aliphatic heterocycles. The van der Waals surface area contributed by atoms with Crippen LogP contribution in [0.3, 0.4) is 0 Å². The third kappa shape index (κ3) is 6.01. The summed E-state index contributed by atoms with van der Waals surface area (Å²) in [6.07, 6.45) is 1.73. The average molecular weight is 123 g/mol. The van der Waals surface area contributed by atoms with Crippen LogP contribution in [0.2, 0.25) is 6.82 Å². The Kier molecular flexibility index (Phi) is 5.17. The fraction of sp³-hybridized carbons (Fsp3) is 0.500. The lowest BCUT2D eigenvalue weighted by Crippen LogP contribution is -2.15. The SMILES string of the molecule is [B]C(=O)NS[B][B]C. The van der Waals surface area contributed by atoms with Gasteiger partial charge in [0.05, 0.1) is 7.17 Å². The zero-order chi connectivity index (χ0) is 6.41. The maximum Gasteiger partial charge on any atom is 0.201 e. The second kappa shape index (κ2) is 5.16. The molecule has 2 nitrogen and oxygen atoms in total. The van der Waals surface area contributed by atoms with E-state index < -0.39 is 5.81 Å². The molecule has 0 unspecified atom stereocenters. The van der Waals surface area contributed by atoms with Gasteiger partial charge in [0.15, 0.2) is 12.3 Å². The summed E-state index contributed by atoms with van der Waals surface area (Å²) in [5.41, 5.74) is 0. The van der Waals surface area contributed by atoms with E-state index in [1.54, 1.807) is 13.6 Å². The Morgan fingerprint density at radius 1 is 1.88 bits per heavy atom. The lowest BCUT2D eigenvalue weighted by atomic mass is 9.57. The first-order valence-corrected chi connectivity index (χ1v) is 2.97. The third-order valence-corrected chi connectivity index (χ3v) is 1.09. The van der Waals surface area contributed by atoms with Crippen molar-refractivity contribution in [1.29, 1.82) is 0 Å². The fourth-order valence-corrected chi connectivity index (χ4v) is 0.480. The molecule has 0 aliphatic rings. The second-order valence-electron chi connectivity index (χ2n) is 1.05. The predicted molar refractivity (Wildman–Crippen MR) is 39.2 cm³/mol. The van der Waals surface area contributed by atoms with Gasteiger partial charge in [-0.25, -0.2) is 0 Å². The first kappa shape index (κ1) is 8.01. The summed E-state index contributed by atoms with van der Waals surface area (Å²) in [6, 6.07) is 0. The van der Waals surface area contributed by atoms with Crippen LogP contribution in [-0.4, -0.2) is 27.3 Å². The van der Waals surface area contributed by atoms with Crippen LogP contribution in [0.4, 0.5) is 4.79 Å². The van der Waals surface area contributed by atoms with Crippen LogP contribution < -0.4 is 4.72 Å². The molecular weight excluding hydrogens is 119 g/mol. The monoisotopic (exact) mass is 123 g/mol. The second-order valence-corrected chi connectivity index (χ2v) is 1.77. The van der Waals surface area contributed by atoms with E-state index in [0.717, 1.165) is 11.8 Å². The van der Waals surface area contributed by atoms with E-state index in [1.165, 1.54) is 0 Å². The summed E-state index contributed by atoms with van der Waals surface area (Å²) >= 11 is 1.16. The molecule has 0 atom stereocenters. The lowest BCUT2D eigenvalue weighted by Gasteiger charge is -1.95. The zero-order valence-corrected chi connectivity index (χ0v) is 5.37. The van der Waals surface area contributed by atoms with E-state index in [2.05, 4.69) is 4.72 Å². The molecule has 0 spiro atoms. The Balaban J connectivity index is 2.82. The minimum atomic E-state index is -0.520. The summed E-state index contributed by atoms with van der Waals surface area (Å²) < 4.78 is 2.32. The van der Waals surface area contributed by atoms with E-state index in [9.17, 15) is 4.79 Å². The molecule has 38 valence electrons. The molecule has 6 heteroatoms. The molecule has 0 aromatic carbocycles. The minimum Gasteiger partial charge on any atom is -0.321 e. The number of nitrogens with one attached hydrogen (secondary N) is 1. The first-order valence-electron chi connectivity index (χ1n) is 2.09. The van der Waals surface area contributed by atoms with Gasteiger partial charge in [-0.2, -0.15) is 0 Å². The van der Waals surface area contributed by atoms with Gasteiger partial charge < -0.3 is 4.72 Å². The van der Waals surface area contributed by atoms with Crippen molar-refractivity contribution in [3.05, 3.63) is 0 Å². The van der Waals surface area contributed by atoms with Gasteiger partial charge in [0.1, 0.15) is 0 Å². The summed E-state index contributed by atoms with van der Waals surface area (Å²) in [5.74, 6) is -0.520. The molecule has 1 amide bonds. The van der Waals surface area contributed by atoms with Gasteiger partial charge >= 0.3 is 0 Å². The first-order chi connectivity index (χ1) is 3.77. The third-order valence-electron chi connectivity index (χ3n) is 0.364. The molecule has 0 saturated carbocycles. The number of hydrogen-bond acceptors (Lipinski definition) is 2. The van der Waals surface area contributed by atoms with Gasteiger partial charge in [0.25, 0.3) is 0 Å². The largest absolute Gasteiger partial charge is 0.321 e. The Labute approximate surface area is 56.1 Å². The summed E-state index contributed by atoms with van der Waals surface area (Å²) in [7, 11) is 6.53. The Morgan fingerprint density at radius 2 is 2.50 bits per heavy atom. The molecule has 0 fully saturated rings. The van der Waals surface area contributed by atoms with Crippen LogP contribution in [0.1, 0.15) is 0 Å². The van der Waals surface area contributed by atoms with Crippen molar-refractivity contribution >= 4 is 39.1 Å². The molecule has 1 N–H and O–H groups in total. The van der Waals surface area contributed by atoms with E-state index in [-0.39, 0.29) is 0 Å². The van der Waals surface area contributed by atoms with Crippen molar-refractivity contribution in [1.82, 2.24) is 4.72 Å². The molecular formula is C2H4B3NOS. The number of rotatable bonds is 3. The van der Waals surface area contributed by atoms with Gasteiger partial charge in [0, 0.05) is 0 Å². The van der Waals surface area contributed by atoms with E-state index in [4.69, 9.17) is 7.85 Å². The van der Waals surface area contributed by atoms with E-state index in [1.807, 2.05) is 6.82 Å². The van der Waals surface area contributed by atoms with Crippen LogP contribution >= 0.6 is 11.8 Å². The van der Waals surface area contributed by atoms with Crippen molar-refractivity contribution in [3.8, 4) is 0 Å². The maximum absolute atomic E-state index is 9.93. The highest BCUT2D eigenvalue weighted by Crippen LogP contribution is 1.84. The maximum atomic E-state index is 9.93. The van der Waals surface area contributed by atoms with Gasteiger partial charge in [-0.1, -0.05) is 6.82 Å². The average Bonchev–Trinajstić information content (AvgIpc) is 1.66. The summed E-state index contributed by atoms with van der Waals surface area (Å²) in [4.78, 5) is 9.93. The highest BCUT2D eigenvalue weighted by Gasteiger charge is 1.88. The molecule has 4 radical (unpaired) electrons. The summed E-state index contributed by atoms with van der Waals surface area (Å²) in [6.45, 7) is 1.86. The minimum absolute atomic E-state index is 0.520. The predicted octanol–water partition coefficient (Wildman–Crippen LogP) is -0.201. The zero-order valence-electron chi connectivity index (χ0n) is 4.55. The molecule has 0 aromatic rings. The van der Waals surface area contributed by atoms with E-state index >= 15 is 0 Å². The standard InChI is InChI=1S/C2H4B3NOS/c1-4-5-8-6-2(3)7/h1H3,(H,6,7). The van der Waals surface area contributed by atoms with Crippen LogP contribution in [0.5, 0.6) is 0 Å². The van der Waals surface area contributed by atoms with Crippen LogP contribution in [-0.2, 0) is 0 Å². The number of hydrogen-bond donors (Lipinski definition) is 1. The molecule has 0 bridgehead atoms. The van der Waals surface area contributed by atoms with Crippen molar-refractivity contribution in [2.75, 3.05) is 0 Å². The van der Waals surface area contributed by atoms with Gasteiger partial charge in [-0.3, -0.25) is 4.79 Å². The van der Waals surface area contributed by atoms with E-state index in [0.29, 0.717) is 0 Å². The summed E-state index contributed by atoms with van der Waals surface area (Å²) in [5, 5.41) is 0. The highest BCUT2D eigenvalue weighted by atomic mass is 32.2. The molecule has 0 aromatic heterocycles. The molecule has 0 saturated heterocycles. The van der Waals surface area contributed by atoms with Crippen molar-refractivity contribution in [2.24, 2.45) is 0 Å². The van der Waals surface area contributed by atoms with Crippen LogP contribution in [0.25, 0.3) is 0 Å². The van der Waals surface area contributed by atoms with Crippen molar-refractivity contribution in [3.63, 3.8) is 0 Å². The van der Waals surface area contributed by atoms with Crippen LogP contribution in [0, 0.1) is 0 Å². The quantitative estimate of drug-likeness (QED) is 0.319. The Hall–Kier alpha value is 0.0148. The topological polar surface area (TPSA) is 29.1 Å². The highest BCUT2D eigenvalue weighted by molar-refractivity contribution is 8.25. The number of carbonyl (C=O) groups is 1. The van der Waals surface area contributed by atoms with Crippen molar-refractivity contribution in [2.45, 2.75) is 6.82 Å². The number of amides is 1. The smallest absolute Gasteiger partial charge is 0.201 e. The number of carbonyl (C=O) groups excluding carboxylic acids is 1. The normalized spacial score (nSPS) is 7.62. The Bertz CT molecular complexity index is 79.7. The van der Waals surface area contributed by atoms with Crippen LogP contribution in [0.15, 0.2) is 0 Å². The van der Waals surface area contributed by atoms with Gasteiger partial charge in [-0.15, -0.1) is 11.8 Å². The molecule has 8 heavy (non-hydrogen) atoms. The molecule has 0 aliphatic carbocycles. The van der Waals surface area contributed by atoms with Crippen molar-refractivity contribution < 1.29 is 4.79 Å².